The molecule has 2 rings (SSSR count). The van der Waals surface area contributed by atoms with E-state index in [4.69, 9.17) is 11.6 Å². The molecule has 0 fully saturated rings. The summed E-state index contributed by atoms with van der Waals surface area (Å²) in [7, 11) is -3.50. The van der Waals surface area contributed by atoms with Gasteiger partial charge in [0.15, 0.2) is 9.84 Å². The van der Waals surface area contributed by atoms with Gasteiger partial charge < -0.3 is 5.32 Å². The lowest BCUT2D eigenvalue weighted by Gasteiger charge is -2.21. The van der Waals surface area contributed by atoms with E-state index in [0.29, 0.717) is 5.02 Å². The lowest BCUT2D eigenvalue weighted by atomic mass is 10.0. The molecule has 0 saturated carbocycles. The fraction of sp³-hybridized carbons (Fsp3) is 0.353. The first kappa shape index (κ1) is 19.0. The molecule has 2 aromatic rings. The molecule has 4 nitrogen and oxygen atoms in total. The molecular weight excluding hydrogens is 366 g/mol. The van der Waals surface area contributed by atoms with E-state index < -0.39 is 9.84 Å². The summed E-state index contributed by atoms with van der Waals surface area (Å²) >= 11 is 7.34. The number of sulfone groups is 1. The third-order valence-electron chi connectivity index (χ3n) is 3.60. The summed E-state index contributed by atoms with van der Waals surface area (Å²) in [4.78, 5) is 13.4. The van der Waals surface area contributed by atoms with Gasteiger partial charge in [-0.25, -0.2) is 8.42 Å². The van der Waals surface area contributed by atoms with E-state index in [1.807, 2.05) is 31.4 Å². The molecule has 0 aliphatic rings. The third-order valence-corrected chi connectivity index (χ3v) is 6.54. The Morgan fingerprint density at radius 2 is 1.88 bits per heavy atom. The lowest BCUT2D eigenvalue weighted by molar-refractivity contribution is -0.121. The molecule has 1 aromatic heterocycles. The summed E-state index contributed by atoms with van der Waals surface area (Å²) in [6, 6.07) is 9.78. The van der Waals surface area contributed by atoms with E-state index in [1.165, 1.54) is 24.3 Å². The van der Waals surface area contributed by atoms with Crippen molar-refractivity contribution in [2.75, 3.05) is 5.75 Å². The quantitative estimate of drug-likeness (QED) is 0.781. The Morgan fingerprint density at radius 3 is 2.42 bits per heavy atom. The number of carbonyl (C=O) groups is 1. The van der Waals surface area contributed by atoms with Crippen molar-refractivity contribution >= 4 is 38.7 Å². The number of rotatable bonds is 7. The Bertz CT molecular complexity index is 769. The van der Waals surface area contributed by atoms with E-state index >= 15 is 0 Å². The maximum atomic E-state index is 12.3. The molecule has 0 aliphatic carbocycles. The SMILES string of the molecule is CC(C)C(NC(=O)CCS(=O)(=O)c1ccc(Cl)cc1)c1cccs1. The van der Waals surface area contributed by atoms with Crippen molar-refractivity contribution in [2.45, 2.75) is 31.2 Å². The zero-order chi connectivity index (χ0) is 17.7. The Morgan fingerprint density at radius 1 is 1.21 bits per heavy atom. The first-order valence-corrected chi connectivity index (χ1v) is 10.5. The topological polar surface area (TPSA) is 63.2 Å². The van der Waals surface area contributed by atoms with Gasteiger partial charge in [0.05, 0.1) is 16.7 Å². The monoisotopic (exact) mass is 385 g/mol. The van der Waals surface area contributed by atoms with Gasteiger partial charge in [-0.05, 0) is 41.6 Å². The molecule has 1 N–H and O–H groups in total. The van der Waals surface area contributed by atoms with E-state index in [2.05, 4.69) is 5.32 Å². The molecule has 1 heterocycles. The number of thiophene rings is 1. The van der Waals surface area contributed by atoms with E-state index in [1.54, 1.807) is 11.3 Å². The van der Waals surface area contributed by atoms with Gasteiger partial charge in [-0.2, -0.15) is 0 Å². The standard InChI is InChI=1S/C17H20ClNO3S2/c1-12(2)17(15-4-3-10-23-15)19-16(20)9-11-24(21,22)14-7-5-13(18)6-8-14/h3-8,10,12,17H,9,11H2,1-2H3,(H,19,20). The molecule has 0 bridgehead atoms. The number of amides is 1. The highest BCUT2D eigenvalue weighted by Gasteiger charge is 2.21. The van der Waals surface area contributed by atoms with Crippen LogP contribution in [0.15, 0.2) is 46.7 Å². The van der Waals surface area contributed by atoms with Crippen molar-refractivity contribution in [3.63, 3.8) is 0 Å². The predicted molar refractivity (Wildman–Crippen MR) is 98.2 cm³/mol. The molecule has 130 valence electrons. The Balaban J connectivity index is 1.98. The minimum Gasteiger partial charge on any atom is -0.348 e. The number of hydrogen-bond acceptors (Lipinski definition) is 4. The molecule has 0 radical (unpaired) electrons. The van der Waals surface area contributed by atoms with Gasteiger partial charge >= 0.3 is 0 Å². The van der Waals surface area contributed by atoms with Gasteiger partial charge in [0.25, 0.3) is 0 Å². The second-order valence-corrected chi connectivity index (χ2v) is 9.35. The zero-order valence-electron chi connectivity index (χ0n) is 13.5. The molecule has 7 heteroatoms. The number of carbonyl (C=O) groups excluding carboxylic acids is 1. The molecule has 0 spiro atoms. The Kier molecular flexibility index (Phi) is 6.43. The molecule has 24 heavy (non-hydrogen) atoms. The normalized spacial score (nSPS) is 13.0. The second-order valence-electron chi connectivity index (χ2n) is 5.83. The first-order valence-electron chi connectivity index (χ1n) is 7.60. The fourth-order valence-corrected chi connectivity index (χ4v) is 4.58. The lowest BCUT2D eigenvalue weighted by Crippen LogP contribution is -2.32. The third kappa shape index (κ3) is 5.06. The van der Waals surface area contributed by atoms with Gasteiger partial charge in [0.2, 0.25) is 5.91 Å². The summed E-state index contributed by atoms with van der Waals surface area (Å²) in [5.74, 6) is -0.268. The van der Waals surface area contributed by atoms with E-state index in [9.17, 15) is 13.2 Å². The molecule has 0 aliphatic heterocycles. The van der Waals surface area contributed by atoms with E-state index in [-0.39, 0.29) is 34.9 Å². The minimum absolute atomic E-state index is 0.0699. The van der Waals surface area contributed by atoms with Gasteiger partial charge in [-0.15, -0.1) is 11.3 Å². The Labute approximate surface area is 151 Å². The van der Waals surface area contributed by atoms with Crippen LogP contribution in [0.5, 0.6) is 0 Å². The summed E-state index contributed by atoms with van der Waals surface area (Å²) < 4.78 is 24.6. The van der Waals surface area contributed by atoms with Crippen LogP contribution in [-0.4, -0.2) is 20.1 Å². The van der Waals surface area contributed by atoms with Crippen molar-refractivity contribution in [3.05, 3.63) is 51.7 Å². The van der Waals surface area contributed by atoms with Crippen molar-refractivity contribution in [1.29, 1.82) is 0 Å². The molecule has 1 atom stereocenters. The number of benzene rings is 1. The predicted octanol–water partition coefficient (Wildman–Crippen LogP) is 4.08. The molecule has 1 unspecified atom stereocenters. The van der Waals surface area contributed by atoms with Crippen LogP contribution in [-0.2, 0) is 14.6 Å². The molecular formula is C17H20ClNO3S2. The highest BCUT2D eigenvalue weighted by atomic mass is 35.5. The van der Waals surface area contributed by atoms with Crippen molar-refractivity contribution in [1.82, 2.24) is 5.32 Å². The van der Waals surface area contributed by atoms with Crippen LogP contribution in [0.3, 0.4) is 0 Å². The first-order chi connectivity index (χ1) is 11.3. The highest BCUT2D eigenvalue weighted by molar-refractivity contribution is 7.91. The van der Waals surface area contributed by atoms with Crippen LogP contribution in [0, 0.1) is 5.92 Å². The summed E-state index contributed by atoms with van der Waals surface area (Å²) in [6.07, 6.45) is -0.0699. The average molecular weight is 386 g/mol. The van der Waals surface area contributed by atoms with Gasteiger partial charge in [0.1, 0.15) is 0 Å². The van der Waals surface area contributed by atoms with Crippen molar-refractivity contribution in [3.8, 4) is 0 Å². The Hall–Kier alpha value is -1.37. The van der Waals surface area contributed by atoms with Crippen molar-refractivity contribution < 1.29 is 13.2 Å². The summed E-state index contributed by atoms with van der Waals surface area (Å²) in [6.45, 7) is 4.05. The molecule has 1 amide bonds. The van der Waals surface area contributed by atoms with Crippen LogP contribution in [0.2, 0.25) is 5.02 Å². The summed E-state index contributed by atoms with van der Waals surface area (Å²) in [5.41, 5.74) is 0. The van der Waals surface area contributed by atoms with Crippen molar-refractivity contribution in [2.24, 2.45) is 5.92 Å². The maximum absolute atomic E-state index is 12.3. The van der Waals surface area contributed by atoms with Crippen LogP contribution in [0.25, 0.3) is 0 Å². The van der Waals surface area contributed by atoms with Gasteiger partial charge in [-0.3, -0.25) is 4.79 Å². The number of nitrogens with one attached hydrogen (secondary N) is 1. The largest absolute Gasteiger partial charge is 0.348 e. The fourth-order valence-electron chi connectivity index (χ4n) is 2.27. The zero-order valence-corrected chi connectivity index (χ0v) is 15.9. The van der Waals surface area contributed by atoms with Crippen LogP contribution in [0.4, 0.5) is 0 Å². The molecule has 0 saturated heterocycles. The number of hydrogen-bond donors (Lipinski definition) is 1. The minimum atomic E-state index is -3.50. The van der Waals surface area contributed by atoms with Crippen LogP contribution >= 0.6 is 22.9 Å². The highest BCUT2D eigenvalue weighted by Crippen LogP contribution is 2.26. The molecule has 1 aromatic carbocycles. The summed E-state index contributed by atoms with van der Waals surface area (Å²) in [5, 5.41) is 5.37. The smallest absolute Gasteiger partial charge is 0.221 e. The average Bonchev–Trinajstić information content (AvgIpc) is 3.05. The van der Waals surface area contributed by atoms with Crippen LogP contribution in [0.1, 0.15) is 31.2 Å². The number of halogens is 1. The van der Waals surface area contributed by atoms with Gasteiger partial charge in [0, 0.05) is 16.3 Å². The van der Waals surface area contributed by atoms with Gasteiger partial charge in [-0.1, -0.05) is 31.5 Å². The second kappa shape index (κ2) is 8.14. The maximum Gasteiger partial charge on any atom is 0.221 e. The van der Waals surface area contributed by atoms with Crippen LogP contribution < -0.4 is 5.32 Å². The van der Waals surface area contributed by atoms with E-state index in [0.717, 1.165) is 4.88 Å².